The first-order valence-electron chi connectivity index (χ1n) is 22.0. The molecule has 0 saturated carbocycles. The maximum Gasteiger partial charge on any atom is 0.411 e. The van der Waals surface area contributed by atoms with E-state index < -0.39 is 18.6 Å². The number of aromatic amines is 1. The van der Waals surface area contributed by atoms with Gasteiger partial charge in [-0.25, -0.2) is 9.97 Å². The Morgan fingerprint density at radius 1 is 0.836 bits per heavy atom. The van der Waals surface area contributed by atoms with Gasteiger partial charge in [-0.2, -0.15) is 13.2 Å². The normalized spacial score (nSPS) is 14.5. The number of likely N-dealkylation sites (tertiary alicyclic amines) is 1. The Labute approximate surface area is 385 Å². The Hall–Kier alpha value is -6.66. The summed E-state index contributed by atoms with van der Waals surface area (Å²) in [5.74, 6) is 1.01. The van der Waals surface area contributed by atoms with E-state index in [-0.39, 0.29) is 59.9 Å². The molecule has 1 fully saturated rings. The fraction of sp³-hybridized carbons (Fsp3) is 0.408. The molecule has 3 heterocycles. The van der Waals surface area contributed by atoms with E-state index in [0.717, 1.165) is 12.0 Å². The molecule has 0 spiro atoms. The fourth-order valence-electron chi connectivity index (χ4n) is 8.87. The number of piperidine rings is 1. The number of methoxy groups -OCH3 is 5. The van der Waals surface area contributed by atoms with Gasteiger partial charge in [0, 0.05) is 36.5 Å². The van der Waals surface area contributed by atoms with Gasteiger partial charge in [-0.05, 0) is 92.9 Å². The SMILES string of the molecule is CCC(CC(CNC(=O)c1cc(OC)c(OC)c(OC)c1)c1ccc(OC)c(OC)c1)N1CCC(C(=O)c2nc3c(C(=O)c4nc5ccccc5n4CCOCC(F)(F)F)cccc3[nH]2)CC1. The number of ketones is 2. The highest BCUT2D eigenvalue weighted by molar-refractivity contribution is 6.15. The van der Waals surface area contributed by atoms with E-state index in [0.29, 0.717) is 95.3 Å². The number of rotatable bonds is 21. The van der Waals surface area contributed by atoms with Gasteiger partial charge in [0.1, 0.15) is 12.1 Å². The number of carbonyl (C=O) groups is 3. The standard InChI is InChI=1S/C49H55F3N6O9/c1-7-33(23-32(30-15-16-38(62-2)39(24-30)63-3)27-53-48(61)31-25-40(64-4)45(66-6)41(26-31)65-5)57-19-17-29(18-20-57)43(59)46-54-36-13-10-11-34(42(36)56-46)44(60)47-55-35-12-8-9-14-37(35)58(47)21-22-67-28-49(50,51)52/h8-16,24-26,29,32-33H,7,17-23,27-28H2,1-6H3,(H,53,61)(H,54,56). The maximum absolute atomic E-state index is 14.2. The number of halogens is 3. The summed E-state index contributed by atoms with van der Waals surface area (Å²) < 4.78 is 72.4. The number of ether oxygens (including phenoxy) is 6. The highest BCUT2D eigenvalue weighted by Gasteiger charge is 2.33. The van der Waals surface area contributed by atoms with Crippen molar-refractivity contribution in [2.24, 2.45) is 5.92 Å². The highest BCUT2D eigenvalue weighted by atomic mass is 19.4. The number of fused-ring (bicyclic) bond motifs is 2. The molecule has 1 amide bonds. The van der Waals surface area contributed by atoms with Crippen molar-refractivity contribution in [1.29, 1.82) is 0 Å². The summed E-state index contributed by atoms with van der Waals surface area (Å²) in [5.41, 5.74) is 3.36. The molecule has 7 rings (SSSR count). The molecule has 1 aliphatic heterocycles. The number of nitrogens with one attached hydrogen (secondary N) is 2. The van der Waals surface area contributed by atoms with Crippen molar-refractivity contribution in [3.05, 3.63) is 101 Å². The van der Waals surface area contributed by atoms with Crippen LogP contribution in [0.15, 0.2) is 72.8 Å². The van der Waals surface area contributed by atoms with Gasteiger partial charge >= 0.3 is 6.18 Å². The van der Waals surface area contributed by atoms with E-state index >= 15 is 0 Å². The van der Waals surface area contributed by atoms with Gasteiger partial charge in [-0.1, -0.05) is 31.2 Å². The number of imidazole rings is 2. The Balaban J connectivity index is 1.05. The van der Waals surface area contributed by atoms with Crippen LogP contribution in [0, 0.1) is 5.92 Å². The molecule has 2 N–H and O–H groups in total. The van der Waals surface area contributed by atoms with E-state index in [9.17, 15) is 27.6 Å². The van der Waals surface area contributed by atoms with Crippen LogP contribution in [0.3, 0.4) is 0 Å². The molecule has 0 radical (unpaired) electrons. The first-order valence-corrected chi connectivity index (χ1v) is 22.0. The zero-order chi connectivity index (χ0) is 47.8. The molecule has 6 aromatic rings. The molecule has 0 bridgehead atoms. The molecule has 0 aliphatic carbocycles. The smallest absolute Gasteiger partial charge is 0.411 e. The Bertz CT molecular complexity index is 2690. The van der Waals surface area contributed by atoms with E-state index in [1.807, 2.05) is 18.2 Å². The number of H-pyrrole nitrogens is 1. The Morgan fingerprint density at radius 2 is 1.54 bits per heavy atom. The molecule has 356 valence electrons. The predicted molar refractivity (Wildman–Crippen MR) is 244 cm³/mol. The number of hydrogen-bond donors (Lipinski definition) is 2. The average Bonchev–Trinajstić information content (AvgIpc) is 3.96. The Kier molecular flexibility index (Phi) is 15.4. The number of amides is 1. The molecule has 1 aliphatic rings. The van der Waals surface area contributed by atoms with Gasteiger partial charge in [-0.15, -0.1) is 0 Å². The number of para-hydroxylation sites is 3. The fourth-order valence-corrected chi connectivity index (χ4v) is 8.87. The van der Waals surface area contributed by atoms with Crippen LogP contribution in [0.4, 0.5) is 13.2 Å². The van der Waals surface area contributed by atoms with Gasteiger partial charge in [0.05, 0.1) is 64.3 Å². The quantitative estimate of drug-likeness (QED) is 0.0528. The third kappa shape index (κ3) is 10.8. The molecule has 67 heavy (non-hydrogen) atoms. The summed E-state index contributed by atoms with van der Waals surface area (Å²) in [6, 6.07) is 21.1. The maximum atomic E-state index is 14.2. The van der Waals surface area contributed by atoms with E-state index in [4.69, 9.17) is 28.4 Å². The van der Waals surface area contributed by atoms with Gasteiger partial charge in [-0.3, -0.25) is 14.4 Å². The van der Waals surface area contributed by atoms with Crippen molar-refractivity contribution in [1.82, 2.24) is 29.7 Å². The molecular weight excluding hydrogens is 874 g/mol. The number of nitrogens with zero attached hydrogens (tertiary/aromatic N) is 4. The van der Waals surface area contributed by atoms with Crippen LogP contribution < -0.4 is 29.0 Å². The monoisotopic (exact) mass is 928 g/mol. The summed E-state index contributed by atoms with van der Waals surface area (Å²) in [5, 5.41) is 3.13. The van der Waals surface area contributed by atoms with Crippen LogP contribution in [0.2, 0.25) is 0 Å². The second kappa shape index (κ2) is 21.3. The van der Waals surface area contributed by atoms with Crippen LogP contribution in [0.1, 0.15) is 81.2 Å². The third-order valence-electron chi connectivity index (χ3n) is 12.3. The first-order chi connectivity index (χ1) is 32.3. The van der Waals surface area contributed by atoms with Crippen molar-refractivity contribution in [2.45, 2.75) is 57.3 Å². The van der Waals surface area contributed by atoms with E-state index in [1.165, 1.54) is 21.3 Å². The Morgan fingerprint density at radius 3 is 2.19 bits per heavy atom. The van der Waals surface area contributed by atoms with Crippen LogP contribution >= 0.6 is 0 Å². The van der Waals surface area contributed by atoms with Gasteiger partial charge in [0.2, 0.25) is 17.3 Å². The molecule has 2 atom stereocenters. The summed E-state index contributed by atoms with van der Waals surface area (Å²) in [6.45, 7) is 1.99. The largest absolute Gasteiger partial charge is 0.493 e. The second-order valence-corrected chi connectivity index (χ2v) is 16.3. The molecule has 2 unspecified atom stereocenters. The lowest BCUT2D eigenvalue weighted by Crippen LogP contribution is -2.44. The molecule has 4 aromatic carbocycles. The van der Waals surface area contributed by atoms with Crippen molar-refractivity contribution in [3.63, 3.8) is 0 Å². The molecule has 2 aromatic heterocycles. The molecule has 18 heteroatoms. The number of benzene rings is 4. The second-order valence-electron chi connectivity index (χ2n) is 16.3. The lowest BCUT2D eigenvalue weighted by molar-refractivity contribution is -0.174. The molecule has 1 saturated heterocycles. The van der Waals surface area contributed by atoms with Gasteiger partial charge in [0.25, 0.3) is 5.91 Å². The lowest BCUT2D eigenvalue weighted by Gasteiger charge is -2.38. The van der Waals surface area contributed by atoms with Crippen LogP contribution in [-0.2, 0) is 11.3 Å². The zero-order valence-corrected chi connectivity index (χ0v) is 38.3. The lowest BCUT2D eigenvalue weighted by atomic mass is 9.87. The van der Waals surface area contributed by atoms with Crippen molar-refractivity contribution >= 4 is 39.5 Å². The number of aromatic nitrogens is 4. The zero-order valence-electron chi connectivity index (χ0n) is 38.3. The number of carbonyl (C=O) groups excluding carboxylic acids is 3. The number of alkyl halides is 3. The number of Topliss-reactive ketones (excluding diaryl/α,β-unsaturated/α-hetero) is 1. The third-order valence-corrected chi connectivity index (χ3v) is 12.3. The average molecular weight is 929 g/mol. The van der Waals surface area contributed by atoms with Crippen LogP contribution in [-0.4, -0.2) is 123 Å². The minimum atomic E-state index is -4.49. The minimum Gasteiger partial charge on any atom is -0.493 e. The van der Waals surface area contributed by atoms with Crippen molar-refractivity contribution in [2.75, 3.05) is 68.4 Å². The number of hydrogen-bond acceptors (Lipinski definition) is 12. The summed E-state index contributed by atoms with van der Waals surface area (Å²) in [7, 11) is 7.65. The van der Waals surface area contributed by atoms with Crippen LogP contribution in [0.25, 0.3) is 22.1 Å². The van der Waals surface area contributed by atoms with Crippen molar-refractivity contribution in [3.8, 4) is 28.7 Å². The van der Waals surface area contributed by atoms with Crippen LogP contribution in [0.5, 0.6) is 28.7 Å². The first kappa shape index (κ1) is 48.3. The predicted octanol–water partition coefficient (Wildman–Crippen LogP) is 8.04. The summed E-state index contributed by atoms with van der Waals surface area (Å²) in [6.07, 6.45) is -1.82. The molecular formula is C49H55F3N6O9. The van der Waals surface area contributed by atoms with E-state index in [2.05, 4.69) is 32.1 Å². The highest BCUT2D eigenvalue weighted by Crippen LogP contribution is 2.39. The van der Waals surface area contributed by atoms with Crippen molar-refractivity contribution < 1.29 is 56.0 Å². The van der Waals surface area contributed by atoms with Gasteiger partial charge < -0.3 is 48.2 Å². The summed E-state index contributed by atoms with van der Waals surface area (Å²) in [4.78, 5) is 56.8. The molecule has 15 nitrogen and oxygen atoms in total. The van der Waals surface area contributed by atoms with Gasteiger partial charge in [0.15, 0.2) is 34.6 Å². The van der Waals surface area contributed by atoms with E-state index in [1.54, 1.807) is 73.4 Å². The minimum absolute atomic E-state index is 0.0207. The topological polar surface area (TPSA) is 168 Å². The summed E-state index contributed by atoms with van der Waals surface area (Å²) >= 11 is 0.